The van der Waals surface area contributed by atoms with Gasteiger partial charge >= 0.3 is 0 Å². The van der Waals surface area contributed by atoms with Crippen molar-refractivity contribution in [1.29, 1.82) is 0 Å². The van der Waals surface area contributed by atoms with Gasteiger partial charge in [-0.15, -0.1) is 0 Å². The SMILES string of the molecule is CNC(=O)c1c(F)cnc2c([C@H](C)CNc3cc(-c4ccnc(C5CC5)c4)ncn3)cccc12.S. The maximum absolute atomic E-state index is 14.4. The molecule has 1 aliphatic carbocycles. The minimum atomic E-state index is -0.635. The number of rotatable bonds is 7. The van der Waals surface area contributed by atoms with Gasteiger partial charge in [0.05, 0.1) is 23.0 Å². The third kappa shape index (κ3) is 5.09. The van der Waals surface area contributed by atoms with Crippen molar-refractivity contribution in [1.82, 2.24) is 25.3 Å². The molecule has 0 bridgehead atoms. The summed E-state index contributed by atoms with van der Waals surface area (Å²) < 4.78 is 14.4. The summed E-state index contributed by atoms with van der Waals surface area (Å²) in [4.78, 5) is 29.8. The number of anilines is 1. The van der Waals surface area contributed by atoms with E-state index < -0.39 is 11.7 Å². The van der Waals surface area contributed by atoms with Crippen LogP contribution in [0.3, 0.4) is 0 Å². The predicted molar refractivity (Wildman–Crippen MR) is 140 cm³/mol. The molecule has 1 aromatic carbocycles. The van der Waals surface area contributed by atoms with E-state index in [4.69, 9.17) is 0 Å². The van der Waals surface area contributed by atoms with Gasteiger partial charge < -0.3 is 10.6 Å². The van der Waals surface area contributed by atoms with Crippen molar-refractivity contribution in [3.05, 3.63) is 77.8 Å². The van der Waals surface area contributed by atoms with Crippen LogP contribution < -0.4 is 10.6 Å². The van der Waals surface area contributed by atoms with Crippen LogP contribution in [0, 0.1) is 5.82 Å². The largest absolute Gasteiger partial charge is 0.369 e. The van der Waals surface area contributed by atoms with Crippen LogP contribution in [0.1, 0.15) is 53.2 Å². The van der Waals surface area contributed by atoms with Crippen LogP contribution in [-0.2, 0) is 0 Å². The van der Waals surface area contributed by atoms with E-state index in [1.807, 2.05) is 30.5 Å². The third-order valence-electron chi connectivity index (χ3n) is 6.20. The summed E-state index contributed by atoms with van der Waals surface area (Å²) in [6.45, 7) is 2.63. The molecular weight excluding hydrogens is 463 g/mol. The first kappa shape index (κ1) is 24.5. The van der Waals surface area contributed by atoms with Gasteiger partial charge in [-0.2, -0.15) is 13.5 Å². The average molecular weight is 491 g/mol. The zero-order valence-electron chi connectivity index (χ0n) is 19.5. The summed E-state index contributed by atoms with van der Waals surface area (Å²) in [6, 6.07) is 11.5. The Morgan fingerprint density at radius 2 is 1.97 bits per heavy atom. The first-order chi connectivity index (χ1) is 16.5. The number of benzene rings is 1. The highest BCUT2D eigenvalue weighted by Crippen LogP contribution is 2.39. The Balaban J connectivity index is 0.00000289. The molecule has 4 aromatic rings. The van der Waals surface area contributed by atoms with E-state index in [2.05, 4.69) is 43.6 Å². The Bertz CT molecular complexity index is 1380. The Morgan fingerprint density at radius 1 is 1.14 bits per heavy atom. The lowest BCUT2D eigenvalue weighted by molar-refractivity contribution is 0.0960. The van der Waals surface area contributed by atoms with E-state index in [0.29, 0.717) is 29.2 Å². The van der Waals surface area contributed by atoms with Crippen molar-refractivity contribution in [3.63, 3.8) is 0 Å². The van der Waals surface area contributed by atoms with Gasteiger partial charge in [-0.1, -0.05) is 25.1 Å². The molecule has 9 heteroatoms. The average Bonchev–Trinajstić information content (AvgIpc) is 3.72. The smallest absolute Gasteiger partial charge is 0.254 e. The maximum atomic E-state index is 14.4. The molecule has 2 N–H and O–H groups in total. The number of para-hydroxylation sites is 1. The number of hydrogen-bond acceptors (Lipinski definition) is 6. The first-order valence-electron chi connectivity index (χ1n) is 11.4. The van der Waals surface area contributed by atoms with E-state index in [9.17, 15) is 9.18 Å². The normalized spacial score (nSPS) is 13.7. The van der Waals surface area contributed by atoms with Gasteiger partial charge in [0.25, 0.3) is 5.91 Å². The number of halogens is 1. The Kier molecular flexibility index (Phi) is 7.25. The minimum absolute atomic E-state index is 0. The highest BCUT2D eigenvalue weighted by Gasteiger charge is 2.25. The van der Waals surface area contributed by atoms with Crippen molar-refractivity contribution in [3.8, 4) is 11.3 Å². The fraction of sp³-hybridized carbons (Fsp3) is 0.269. The topological polar surface area (TPSA) is 92.7 Å². The van der Waals surface area contributed by atoms with Gasteiger partial charge in [-0.05, 0) is 30.5 Å². The molecule has 0 unspecified atom stereocenters. The molecule has 0 radical (unpaired) electrons. The molecule has 7 nitrogen and oxygen atoms in total. The predicted octanol–water partition coefficient (Wildman–Crippen LogP) is 4.79. The maximum Gasteiger partial charge on any atom is 0.254 e. The molecule has 1 amide bonds. The molecule has 1 saturated carbocycles. The molecule has 3 aromatic heterocycles. The van der Waals surface area contributed by atoms with E-state index in [1.165, 1.54) is 19.9 Å². The zero-order valence-corrected chi connectivity index (χ0v) is 20.5. The standard InChI is InChI=1S/C26H25FN6O.H2S/c1-15(18-4-3-5-19-24(26(34)28-2)20(27)13-31-25(18)19)12-30-23-11-22(32-14-33-23)17-8-9-29-21(10-17)16-6-7-16;/h3-5,8-11,13-16H,6-7,12H2,1-2H3,(H,28,34)(H,30,32,33);1H2/t15-;/m1./s1. The van der Waals surface area contributed by atoms with Crippen LogP contribution in [0.5, 0.6) is 0 Å². The Hall–Kier alpha value is -3.59. The van der Waals surface area contributed by atoms with E-state index in [0.717, 1.165) is 28.7 Å². The van der Waals surface area contributed by atoms with Gasteiger partial charge in [-0.25, -0.2) is 14.4 Å². The van der Waals surface area contributed by atoms with Crippen molar-refractivity contribution in [2.75, 3.05) is 18.9 Å². The monoisotopic (exact) mass is 490 g/mol. The van der Waals surface area contributed by atoms with Crippen molar-refractivity contribution >= 4 is 36.1 Å². The summed E-state index contributed by atoms with van der Waals surface area (Å²) >= 11 is 0. The summed E-state index contributed by atoms with van der Waals surface area (Å²) in [5.41, 5.74) is 4.54. The number of carbonyl (C=O) groups is 1. The van der Waals surface area contributed by atoms with E-state index >= 15 is 0 Å². The van der Waals surface area contributed by atoms with Crippen LogP contribution >= 0.6 is 13.5 Å². The molecule has 0 aliphatic heterocycles. The molecule has 1 atom stereocenters. The van der Waals surface area contributed by atoms with Crippen LogP contribution in [0.4, 0.5) is 10.2 Å². The number of carbonyl (C=O) groups excluding carboxylic acids is 1. The molecule has 3 heterocycles. The van der Waals surface area contributed by atoms with Crippen molar-refractivity contribution in [2.24, 2.45) is 0 Å². The summed E-state index contributed by atoms with van der Waals surface area (Å²) in [6.07, 6.45) is 6.90. The lowest BCUT2D eigenvalue weighted by Gasteiger charge is -2.17. The lowest BCUT2D eigenvalue weighted by Crippen LogP contribution is -2.20. The molecular formula is C26H27FN6OS. The fourth-order valence-corrected chi connectivity index (χ4v) is 4.16. The molecule has 0 saturated heterocycles. The lowest BCUT2D eigenvalue weighted by atomic mass is 9.96. The van der Waals surface area contributed by atoms with Crippen molar-refractivity contribution in [2.45, 2.75) is 31.6 Å². The van der Waals surface area contributed by atoms with Crippen LogP contribution in [0.15, 0.2) is 55.1 Å². The van der Waals surface area contributed by atoms with Gasteiger partial charge in [0, 0.05) is 54.3 Å². The van der Waals surface area contributed by atoms with Gasteiger partial charge in [-0.3, -0.25) is 14.8 Å². The zero-order chi connectivity index (χ0) is 23.7. The first-order valence-corrected chi connectivity index (χ1v) is 11.4. The van der Waals surface area contributed by atoms with E-state index in [-0.39, 0.29) is 25.0 Å². The molecule has 5 rings (SSSR count). The Labute approximate surface area is 210 Å². The number of pyridine rings is 2. The number of nitrogens with one attached hydrogen (secondary N) is 2. The molecule has 1 aliphatic rings. The Morgan fingerprint density at radius 3 is 2.74 bits per heavy atom. The quantitative estimate of drug-likeness (QED) is 0.387. The molecule has 0 spiro atoms. The minimum Gasteiger partial charge on any atom is -0.369 e. The van der Waals surface area contributed by atoms with Crippen LogP contribution in [0.25, 0.3) is 22.2 Å². The summed E-state index contributed by atoms with van der Waals surface area (Å²) in [5, 5.41) is 6.38. The van der Waals surface area contributed by atoms with Crippen LogP contribution in [0.2, 0.25) is 0 Å². The summed E-state index contributed by atoms with van der Waals surface area (Å²) in [5.74, 6) is 0.213. The number of amides is 1. The van der Waals surface area contributed by atoms with Gasteiger partial charge in [0.1, 0.15) is 12.1 Å². The second kappa shape index (κ2) is 10.4. The number of hydrogen-bond donors (Lipinski definition) is 2. The van der Waals surface area contributed by atoms with Crippen LogP contribution in [-0.4, -0.2) is 39.4 Å². The highest BCUT2D eigenvalue weighted by atomic mass is 32.1. The molecule has 1 fully saturated rings. The summed E-state index contributed by atoms with van der Waals surface area (Å²) in [7, 11) is 1.49. The van der Waals surface area contributed by atoms with Gasteiger partial charge in [0.2, 0.25) is 0 Å². The fourth-order valence-electron chi connectivity index (χ4n) is 4.16. The van der Waals surface area contributed by atoms with Crippen molar-refractivity contribution < 1.29 is 9.18 Å². The molecule has 35 heavy (non-hydrogen) atoms. The van der Waals surface area contributed by atoms with E-state index in [1.54, 1.807) is 12.4 Å². The second-order valence-electron chi connectivity index (χ2n) is 8.62. The third-order valence-corrected chi connectivity index (χ3v) is 6.20. The van der Waals surface area contributed by atoms with Gasteiger partial charge in [0.15, 0.2) is 5.82 Å². The number of nitrogens with zero attached hydrogens (tertiary/aromatic N) is 4. The number of fused-ring (bicyclic) bond motifs is 1. The number of aromatic nitrogens is 4. The molecule has 180 valence electrons. The second-order valence-corrected chi connectivity index (χ2v) is 8.62. The highest BCUT2D eigenvalue weighted by molar-refractivity contribution is 7.59.